The Morgan fingerprint density at radius 3 is 2.94 bits per heavy atom. The van der Waals surface area contributed by atoms with Crippen LogP contribution in [-0.2, 0) is 22.7 Å². The van der Waals surface area contributed by atoms with Crippen molar-refractivity contribution >= 4 is 5.97 Å². The molecule has 4 heteroatoms. The van der Waals surface area contributed by atoms with Crippen molar-refractivity contribution in [3.8, 4) is 0 Å². The van der Waals surface area contributed by atoms with E-state index in [2.05, 4.69) is 10.1 Å². The van der Waals surface area contributed by atoms with Crippen LogP contribution in [0, 0.1) is 0 Å². The summed E-state index contributed by atoms with van der Waals surface area (Å²) in [6.07, 6.45) is 2.85. The summed E-state index contributed by atoms with van der Waals surface area (Å²) in [5, 5.41) is 11.9. The smallest absolute Gasteiger partial charge is 0.331 e. The lowest BCUT2D eigenvalue weighted by molar-refractivity contribution is -0.134. The van der Waals surface area contributed by atoms with Crippen LogP contribution < -0.4 is 5.32 Å². The zero-order valence-electron chi connectivity index (χ0n) is 9.14. The van der Waals surface area contributed by atoms with E-state index in [0.29, 0.717) is 6.54 Å². The van der Waals surface area contributed by atoms with Gasteiger partial charge in [-0.05, 0) is 11.1 Å². The van der Waals surface area contributed by atoms with Gasteiger partial charge in [0, 0.05) is 18.8 Å². The van der Waals surface area contributed by atoms with E-state index in [0.717, 1.165) is 11.1 Å². The zero-order valence-corrected chi connectivity index (χ0v) is 9.14. The Balaban J connectivity index is 2.42. The number of aliphatic hydroxyl groups excluding tert-OH is 1. The molecule has 86 valence electrons. The molecule has 0 spiro atoms. The van der Waals surface area contributed by atoms with Crippen LogP contribution >= 0.6 is 0 Å². The van der Waals surface area contributed by atoms with E-state index in [-0.39, 0.29) is 6.61 Å². The number of benzene rings is 1. The summed E-state index contributed by atoms with van der Waals surface area (Å²) in [7, 11) is 1.33. The van der Waals surface area contributed by atoms with Crippen molar-refractivity contribution in [2.24, 2.45) is 0 Å². The number of rotatable bonds is 5. The molecule has 0 saturated carbocycles. The van der Waals surface area contributed by atoms with Gasteiger partial charge in [-0.15, -0.1) is 0 Å². The Hall–Kier alpha value is -1.81. The quantitative estimate of drug-likeness (QED) is 0.574. The number of hydrogen-bond acceptors (Lipinski definition) is 4. The standard InChI is InChI=1S/C12H15NO3/c1-16-12(15)5-6-13-8-10-3-2-4-11(7-10)9-14/h2-7,13-14H,8-9H2,1H3/b6-5+. The molecule has 0 bridgehead atoms. The van der Waals surface area contributed by atoms with Gasteiger partial charge in [-0.1, -0.05) is 24.3 Å². The van der Waals surface area contributed by atoms with Crippen LogP contribution in [0.3, 0.4) is 0 Å². The molecule has 0 atom stereocenters. The first kappa shape index (κ1) is 12.3. The molecule has 0 aliphatic carbocycles. The second-order valence-electron chi connectivity index (χ2n) is 3.22. The number of esters is 1. The molecule has 0 heterocycles. The van der Waals surface area contributed by atoms with Gasteiger partial charge in [0.05, 0.1) is 13.7 Å². The van der Waals surface area contributed by atoms with Gasteiger partial charge in [0.2, 0.25) is 0 Å². The Bertz CT molecular complexity index is 374. The topological polar surface area (TPSA) is 58.6 Å². The SMILES string of the molecule is COC(=O)/C=C/NCc1cccc(CO)c1. The molecule has 16 heavy (non-hydrogen) atoms. The lowest BCUT2D eigenvalue weighted by Gasteiger charge is -2.03. The Morgan fingerprint density at radius 2 is 2.25 bits per heavy atom. The predicted octanol–water partition coefficient (Wildman–Crippen LogP) is 0.955. The highest BCUT2D eigenvalue weighted by atomic mass is 16.5. The van der Waals surface area contributed by atoms with Gasteiger partial charge < -0.3 is 15.2 Å². The number of carbonyl (C=O) groups excluding carboxylic acids is 1. The number of hydrogen-bond donors (Lipinski definition) is 2. The van der Waals surface area contributed by atoms with E-state index in [1.807, 2.05) is 24.3 Å². The van der Waals surface area contributed by atoms with Gasteiger partial charge >= 0.3 is 5.97 Å². The molecule has 0 aliphatic heterocycles. The fourth-order valence-electron chi connectivity index (χ4n) is 1.21. The molecule has 0 aliphatic rings. The summed E-state index contributed by atoms with van der Waals surface area (Å²) in [5.41, 5.74) is 1.91. The van der Waals surface area contributed by atoms with Crippen molar-refractivity contribution < 1.29 is 14.6 Å². The van der Waals surface area contributed by atoms with Crippen LogP contribution in [0.5, 0.6) is 0 Å². The molecule has 0 unspecified atom stereocenters. The van der Waals surface area contributed by atoms with Gasteiger partial charge in [-0.2, -0.15) is 0 Å². The molecule has 0 amide bonds. The second kappa shape index (κ2) is 6.63. The molecule has 4 nitrogen and oxygen atoms in total. The van der Waals surface area contributed by atoms with Gasteiger partial charge in [0.25, 0.3) is 0 Å². The zero-order chi connectivity index (χ0) is 11.8. The van der Waals surface area contributed by atoms with E-state index >= 15 is 0 Å². The van der Waals surface area contributed by atoms with E-state index < -0.39 is 5.97 Å². The van der Waals surface area contributed by atoms with Crippen LogP contribution in [0.25, 0.3) is 0 Å². The first-order valence-electron chi connectivity index (χ1n) is 4.93. The summed E-state index contributed by atoms with van der Waals surface area (Å²) < 4.78 is 4.44. The van der Waals surface area contributed by atoms with Crippen LogP contribution in [-0.4, -0.2) is 18.2 Å². The van der Waals surface area contributed by atoms with Crippen molar-refractivity contribution in [2.75, 3.05) is 7.11 Å². The van der Waals surface area contributed by atoms with Gasteiger partial charge in [0.15, 0.2) is 0 Å². The molecular weight excluding hydrogens is 206 g/mol. The average Bonchev–Trinajstić information content (AvgIpc) is 2.34. The largest absolute Gasteiger partial charge is 0.466 e. The molecule has 2 N–H and O–H groups in total. The van der Waals surface area contributed by atoms with Gasteiger partial charge in [-0.3, -0.25) is 0 Å². The third kappa shape index (κ3) is 4.14. The second-order valence-corrected chi connectivity index (χ2v) is 3.22. The number of ether oxygens (including phenoxy) is 1. The summed E-state index contributed by atoms with van der Waals surface area (Å²) >= 11 is 0. The van der Waals surface area contributed by atoms with E-state index in [4.69, 9.17) is 5.11 Å². The third-order valence-electron chi connectivity index (χ3n) is 2.02. The highest BCUT2D eigenvalue weighted by molar-refractivity contribution is 5.81. The summed E-state index contributed by atoms with van der Waals surface area (Å²) in [6.45, 7) is 0.632. The van der Waals surface area contributed by atoms with Crippen LogP contribution in [0.15, 0.2) is 36.5 Å². The average molecular weight is 221 g/mol. The minimum absolute atomic E-state index is 0.0336. The van der Waals surface area contributed by atoms with Crippen molar-refractivity contribution in [1.82, 2.24) is 5.32 Å². The van der Waals surface area contributed by atoms with Crippen molar-refractivity contribution in [1.29, 1.82) is 0 Å². The first-order chi connectivity index (χ1) is 7.76. The van der Waals surface area contributed by atoms with E-state index in [1.54, 1.807) is 0 Å². The third-order valence-corrected chi connectivity index (χ3v) is 2.02. The summed E-state index contributed by atoms with van der Waals surface area (Å²) in [4.78, 5) is 10.7. The lowest BCUT2D eigenvalue weighted by atomic mass is 10.1. The minimum atomic E-state index is -0.392. The Morgan fingerprint density at radius 1 is 1.50 bits per heavy atom. The van der Waals surface area contributed by atoms with Crippen molar-refractivity contribution in [3.05, 3.63) is 47.7 Å². The molecule has 0 radical (unpaired) electrons. The van der Waals surface area contributed by atoms with Crippen molar-refractivity contribution in [3.63, 3.8) is 0 Å². The van der Waals surface area contributed by atoms with Crippen LogP contribution in [0.2, 0.25) is 0 Å². The van der Waals surface area contributed by atoms with E-state index in [1.165, 1.54) is 19.4 Å². The Kier molecular flexibility index (Phi) is 5.08. The lowest BCUT2D eigenvalue weighted by Crippen LogP contribution is -2.06. The van der Waals surface area contributed by atoms with E-state index in [9.17, 15) is 4.79 Å². The molecule has 1 aromatic rings. The van der Waals surface area contributed by atoms with Gasteiger partial charge in [-0.25, -0.2) is 4.79 Å². The molecule has 0 fully saturated rings. The molecular formula is C12H15NO3. The van der Waals surface area contributed by atoms with Gasteiger partial charge in [0.1, 0.15) is 0 Å². The number of methoxy groups -OCH3 is 1. The molecule has 0 aromatic heterocycles. The maximum absolute atomic E-state index is 10.7. The number of nitrogens with one attached hydrogen (secondary N) is 1. The van der Waals surface area contributed by atoms with Crippen LogP contribution in [0.1, 0.15) is 11.1 Å². The first-order valence-corrected chi connectivity index (χ1v) is 4.93. The minimum Gasteiger partial charge on any atom is -0.466 e. The Labute approximate surface area is 94.6 Å². The number of aliphatic hydroxyl groups is 1. The fraction of sp³-hybridized carbons (Fsp3) is 0.250. The maximum atomic E-state index is 10.7. The van der Waals surface area contributed by atoms with Crippen LogP contribution in [0.4, 0.5) is 0 Å². The fourth-order valence-corrected chi connectivity index (χ4v) is 1.21. The molecule has 1 rings (SSSR count). The normalized spacial score (nSPS) is 10.4. The number of carbonyl (C=O) groups is 1. The highest BCUT2D eigenvalue weighted by Gasteiger charge is 1.94. The maximum Gasteiger partial charge on any atom is 0.331 e. The molecule has 0 saturated heterocycles. The predicted molar refractivity (Wildman–Crippen MR) is 60.4 cm³/mol. The van der Waals surface area contributed by atoms with Crippen molar-refractivity contribution in [2.45, 2.75) is 13.2 Å². The molecule has 1 aromatic carbocycles. The monoisotopic (exact) mass is 221 g/mol. The summed E-state index contributed by atoms with van der Waals surface area (Å²) in [6, 6.07) is 7.58. The summed E-state index contributed by atoms with van der Waals surface area (Å²) in [5.74, 6) is -0.392. The highest BCUT2D eigenvalue weighted by Crippen LogP contribution is 2.04.